The van der Waals surface area contributed by atoms with Crippen molar-refractivity contribution in [3.63, 3.8) is 0 Å². The molecule has 0 aliphatic heterocycles. The lowest BCUT2D eigenvalue weighted by Crippen LogP contribution is -2.25. The van der Waals surface area contributed by atoms with Crippen LogP contribution in [0.15, 0.2) is 0 Å². The maximum absolute atomic E-state index is 11.0. The first-order valence-corrected chi connectivity index (χ1v) is 5.15. The van der Waals surface area contributed by atoms with Gasteiger partial charge in [-0.2, -0.15) is 0 Å². The molecule has 0 aromatic heterocycles. The van der Waals surface area contributed by atoms with Gasteiger partial charge in [0, 0.05) is 13.0 Å². The van der Waals surface area contributed by atoms with E-state index in [1.54, 1.807) is 0 Å². The highest BCUT2D eigenvalue weighted by Gasteiger charge is 1.98. The van der Waals surface area contributed by atoms with Crippen LogP contribution in [0.4, 0.5) is 4.79 Å². The Hall–Kier alpha value is -1.17. The zero-order valence-corrected chi connectivity index (χ0v) is 8.84. The van der Waals surface area contributed by atoms with Crippen LogP contribution in [0.1, 0.15) is 39.0 Å². The summed E-state index contributed by atoms with van der Waals surface area (Å²) in [6, 6.07) is 0. The molecule has 0 saturated carbocycles. The molecule has 1 N–H and O–H groups in total. The molecule has 3 nitrogen and oxygen atoms in total. The summed E-state index contributed by atoms with van der Waals surface area (Å²) in [7, 11) is 0. The molecule has 0 heterocycles. The predicted molar refractivity (Wildman–Crippen MR) is 56.9 cm³/mol. The monoisotopic (exact) mass is 197 g/mol. The van der Waals surface area contributed by atoms with Gasteiger partial charge in [-0.15, -0.1) is 12.3 Å². The summed E-state index contributed by atoms with van der Waals surface area (Å²) >= 11 is 0. The third kappa shape index (κ3) is 8.92. The first-order valence-electron chi connectivity index (χ1n) is 5.15. The summed E-state index contributed by atoms with van der Waals surface area (Å²) in [4.78, 5) is 11.0. The van der Waals surface area contributed by atoms with Crippen LogP contribution in [0, 0.1) is 12.3 Å². The summed E-state index contributed by atoms with van der Waals surface area (Å²) in [5.74, 6) is 2.49. The molecule has 80 valence electrons. The summed E-state index contributed by atoms with van der Waals surface area (Å²) in [6.07, 6.45) is 9.41. The van der Waals surface area contributed by atoms with E-state index in [2.05, 4.69) is 18.2 Å². The third-order valence-corrected chi connectivity index (χ3v) is 1.75. The Morgan fingerprint density at radius 1 is 1.43 bits per heavy atom. The minimum absolute atomic E-state index is 0.335. The van der Waals surface area contributed by atoms with Crippen LogP contribution in [0.3, 0.4) is 0 Å². The highest BCUT2D eigenvalue weighted by molar-refractivity contribution is 5.66. The fourth-order valence-electron chi connectivity index (χ4n) is 0.956. The van der Waals surface area contributed by atoms with Crippen LogP contribution in [0.2, 0.25) is 0 Å². The molecule has 3 heteroatoms. The number of nitrogens with one attached hydrogen (secondary N) is 1. The van der Waals surface area contributed by atoms with Gasteiger partial charge >= 0.3 is 6.09 Å². The van der Waals surface area contributed by atoms with E-state index in [9.17, 15) is 4.79 Å². The van der Waals surface area contributed by atoms with Crippen LogP contribution < -0.4 is 5.32 Å². The number of alkyl carbamates (subject to hydrolysis) is 1. The molecule has 14 heavy (non-hydrogen) atoms. The van der Waals surface area contributed by atoms with Crippen molar-refractivity contribution in [3.05, 3.63) is 0 Å². The number of hydrogen-bond donors (Lipinski definition) is 1. The van der Waals surface area contributed by atoms with Crippen molar-refractivity contribution in [2.24, 2.45) is 0 Å². The maximum Gasteiger partial charge on any atom is 0.407 e. The van der Waals surface area contributed by atoms with Crippen molar-refractivity contribution >= 4 is 6.09 Å². The smallest absolute Gasteiger partial charge is 0.407 e. The van der Waals surface area contributed by atoms with Gasteiger partial charge in [-0.05, 0) is 12.8 Å². The molecule has 0 unspecified atom stereocenters. The zero-order valence-electron chi connectivity index (χ0n) is 8.84. The van der Waals surface area contributed by atoms with E-state index < -0.39 is 0 Å². The number of carbonyl (C=O) groups excluding carboxylic acids is 1. The van der Waals surface area contributed by atoms with E-state index in [1.165, 1.54) is 0 Å². The number of ether oxygens (including phenoxy) is 1. The summed E-state index contributed by atoms with van der Waals surface area (Å²) in [5, 5.41) is 2.68. The second kappa shape index (κ2) is 9.91. The molecule has 0 aromatic carbocycles. The Kier molecular flexibility index (Phi) is 9.09. The second-order valence-corrected chi connectivity index (χ2v) is 3.08. The maximum atomic E-state index is 11.0. The third-order valence-electron chi connectivity index (χ3n) is 1.75. The first kappa shape index (κ1) is 12.8. The summed E-state index contributed by atoms with van der Waals surface area (Å²) in [5.41, 5.74) is 0. The van der Waals surface area contributed by atoms with Crippen LogP contribution in [0.25, 0.3) is 0 Å². The average molecular weight is 197 g/mol. The lowest BCUT2D eigenvalue weighted by atomic mass is 10.2. The highest BCUT2D eigenvalue weighted by Crippen LogP contribution is 1.92. The van der Waals surface area contributed by atoms with Crippen molar-refractivity contribution in [2.45, 2.75) is 39.0 Å². The molecule has 0 saturated heterocycles. The second-order valence-electron chi connectivity index (χ2n) is 3.08. The SMILES string of the molecule is C#CCCCOC(=O)NCCCCC. The Bertz CT molecular complexity index is 184. The Morgan fingerprint density at radius 3 is 2.86 bits per heavy atom. The Balaban J connectivity index is 3.16. The highest BCUT2D eigenvalue weighted by atomic mass is 16.5. The van der Waals surface area contributed by atoms with E-state index in [-0.39, 0.29) is 6.09 Å². The van der Waals surface area contributed by atoms with Crippen LogP contribution in [0.5, 0.6) is 0 Å². The summed E-state index contributed by atoms with van der Waals surface area (Å²) in [6.45, 7) is 3.23. The van der Waals surface area contributed by atoms with Crippen LogP contribution in [-0.4, -0.2) is 19.2 Å². The molecule has 0 rings (SSSR count). The topological polar surface area (TPSA) is 38.3 Å². The van der Waals surface area contributed by atoms with Gasteiger partial charge in [-0.25, -0.2) is 4.79 Å². The number of unbranched alkanes of at least 4 members (excludes halogenated alkanes) is 3. The van der Waals surface area contributed by atoms with Crippen LogP contribution >= 0.6 is 0 Å². The number of terminal acetylenes is 1. The van der Waals surface area contributed by atoms with E-state index in [0.29, 0.717) is 19.6 Å². The molecular formula is C11H19NO2. The van der Waals surface area contributed by atoms with Crippen molar-refractivity contribution < 1.29 is 9.53 Å². The van der Waals surface area contributed by atoms with Gasteiger partial charge in [0.05, 0.1) is 6.61 Å². The van der Waals surface area contributed by atoms with E-state index in [4.69, 9.17) is 11.2 Å². The number of carbonyl (C=O) groups is 1. The van der Waals surface area contributed by atoms with Crippen molar-refractivity contribution in [3.8, 4) is 12.3 Å². The van der Waals surface area contributed by atoms with Gasteiger partial charge < -0.3 is 10.1 Å². The molecule has 0 spiro atoms. The molecule has 0 atom stereocenters. The van der Waals surface area contributed by atoms with Gasteiger partial charge in [0.25, 0.3) is 0 Å². The first-order chi connectivity index (χ1) is 6.81. The molecule has 0 radical (unpaired) electrons. The normalized spacial score (nSPS) is 9.14. The largest absolute Gasteiger partial charge is 0.450 e. The summed E-state index contributed by atoms with van der Waals surface area (Å²) < 4.78 is 4.88. The van der Waals surface area contributed by atoms with E-state index in [0.717, 1.165) is 25.7 Å². The quantitative estimate of drug-likeness (QED) is 0.502. The molecule has 0 bridgehead atoms. The predicted octanol–water partition coefficient (Wildman–Crippen LogP) is 2.32. The molecule has 0 fully saturated rings. The zero-order chi connectivity index (χ0) is 10.6. The van der Waals surface area contributed by atoms with Gasteiger partial charge in [0.2, 0.25) is 0 Å². The van der Waals surface area contributed by atoms with Gasteiger partial charge in [-0.3, -0.25) is 0 Å². The van der Waals surface area contributed by atoms with Crippen LogP contribution in [-0.2, 0) is 4.74 Å². The lowest BCUT2D eigenvalue weighted by Gasteiger charge is -2.05. The van der Waals surface area contributed by atoms with Gasteiger partial charge in [0.1, 0.15) is 0 Å². The fraction of sp³-hybridized carbons (Fsp3) is 0.727. The lowest BCUT2D eigenvalue weighted by molar-refractivity contribution is 0.145. The number of amides is 1. The Morgan fingerprint density at radius 2 is 2.21 bits per heavy atom. The number of rotatable bonds is 7. The van der Waals surface area contributed by atoms with Gasteiger partial charge in [0.15, 0.2) is 0 Å². The average Bonchev–Trinajstić information content (AvgIpc) is 2.19. The minimum Gasteiger partial charge on any atom is -0.450 e. The standard InChI is InChI=1S/C11H19NO2/c1-3-5-7-9-12-11(13)14-10-8-6-4-2/h2H,3,5-10H2,1H3,(H,12,13). The number of hydrogen-bond acceptors (Lipinski definition) is 2. The Labute approximate surface area is 86.2 Å². The van der Waals surface area contributed by atoms with Crippen molar-refractivity contribution in [1.82, 2.24) is 5.32 Å². The minimum atomic E-state index is -0.335. The molecule has 0 aliphatic rings. The fourth-order valence-corrected chi connectivity index (χ4v) is 0.956. The molecule has 0 aliphatic carbocycles. The molecule has 1 amide bonds. The molecule has 0 aromatic rings. The van der Waals surface area contributed by atoms with Crippen molar-refractivity contribution in [2.75, 3.05) is 13.2 Å². The van der Waals surface area contributed by atoms with Crippen molar-refractivity contribution in [1.29, 1.82) is 0 Å². The van der Waals surface area contributed by atoms with E-state index in [1.807, 2.05) is 0 Å². The van der Waals surface area contributed by atoms with Gasteiger partial charge in [-0.1, -0.05) is 19.8 Å². The molecular weight excluding hydrogens is 178 g/mol. The van der Waals surface area contributed by atoms with E-state index >= 15 is 0 Å².